The largest absolute Gasteiger partial charge is 0.392 e. The minimum atomic E-state index is -0.386. The molecule has 0 saturated heterocycles. The van der Waals surface area contributed by atoms with E-state index in [1.54, 1.807) is 23.0 Å². The number of hydrogen-bond acceptors (Lipinski definition) is 2. The van der Waals surface area contributed by atoms with Gasteiger partial charge in [0.25, 0.3) is 0 Å². The summed E-state index contributed by atoms with van der Waals surface area (Å²) < 4.78 is 15.2. The number of nitrogens with zero attached hydrogens (tertiary/aromatic N) is 2. The number of hydrogen-bond donors (Lipinski definition) is 1. The first kappa shape index (κ1) is 10.8. The molecule has 1 N–H and O–H groups in total. The maximum atomic E-state index is 13.5. The summed E-state index contributed by atoms with van der Waals surface area (Å²) in [7, 11) is 1.84. The molecule has 0 fully saturated rings. The fourth-order valence-electron chi connectivity index (χ4n) is 1.63. The first-order chi connectivity index (χ1) is 7.63. The molecule has 0 spiro atoms. The van der Waals surface area contributed by atoms with Crippen LogP contribution in [0.3, 0.4) is 0 Å². The second-order valence-corrected chi connectivity index (χ2v) is 3.73. The molecule has 1 aromatic carbocycles. The second-order valence-electron chi connectivity index (χ2n) is 3.73. The van der Waals surface area contributed by atoms with Crippen LogP contribution in [0.4, 0.5) is 4.39 Å². The zero-order valence-electron chi connectivity index (χ0n) is 9.24. The quantitative estimate of drug-likeness (QED) is 0.840. The molecule has 0 radical (unpaired) electrons. The molecule has 0 aliphatic heterocycles. The average Bonchev–Trinajstić information content (AvgIpc) is 2.60. The van der Waals surface area contributed by atoms with Crippen molar-refractivity contribution >= 4 is 0 Å². The number of aryl methyl sites for hydroxylation is 1. The van der Waals surface area contributed by atoms with E-state index in [2.05, 4.69) is 5.10 Å². The molecule has 0 aliphatic rings. The molecule has 2 aromatic rings. The Labute approximate surface area is 93.2 Å². The van der Waals surface area contributed by atoms with Crippen LogP contribution >= 0.6 is 0 Å². The highest BCUT2D eigenvalue weighted by atomic mass is 19.1. The molecule has 1 heterocycles. The van der Waals surface area contributed by atoms with Crippen molar-refractivity contribution in [2.45, 2.75) is 13.5 Å². The van der Waals surface area contributed by atoms with Crippen LogP contribution < -0.4 is 0 Å². The summed E-state index contributed by atoms with van der Waals surface area (Å²) >= 11 is 0. The Morgan fingerprint density at radius 2 is 2.19 bits per heavy atom. The Bertz CT molecular complexity index is 520. The summed E-state index contributed by atoms with van der Waals surface area (Å²) in [4.78, 5) is 0. The molecule has 84 valence electrons. The molecule has 4 heteroatoms. The standard InChI is InChI=1S/C12H13FN2O/c1-8-11(6-14-15(8)2)9-3-4-10(7-16)12(13)5-9/h3-6,16H,7H2,1-2H3. The van der Waals surface area contributed by atoms with E-state index in [4.69, 9.17) is 5.11 Å². The van der Waals surface area contributed by atoms with Crippen molar-refractivity contribution in [3.8, 4) is 11.1 Å². The van der Waals surface area contributed by atoms with Gasteiger partial charge in [-0.2, -0.15) is 5.10 Å². The highest BCUT2D eigenvalue weighted by Crippen LogP contribution is 2.24. The summed E-state index contributed by atoms with van der Waals surface area (Å²) in [5, 5.41) is 13.0. The number of halogens is 1. The van der Waals surface area contributed by atoms with Gasteiger partial charge in [0, 0.05) is 23.9 Å². The maximum Gasteiger partial charge on any atom is 0.129 e. The summed E-state index contributed by atoms with van der Waals surface area (Å²) in [6.07, 6.45) is 1.71. The van der Waals surface area contributed by atoms with Gasteiger partial charge in [0.05, 0.1) is 12.8 Å². The van der Waals surface area contributed by atoms with Crippen molar-refractivity contribution in [2.24, 2.45) is 7.05 Å². The molecule has 0 atom stereocenters. The minimum Gasteiger partial charge on any atom is -0.392 e. The van der Waals surface area contributed by atoms with Gasteiger partial charge in [-0.15, -0.1) is 0 Å². The van der Waals surface area contributed by atoms with Crippen molar-refractivity contribution < 1.29 is 9.50 Å². The van der Waals surface area contributed by atoms with Crippen LogP contribution in [0.25, 0.3) is 11.1 Å². The van der Waals surface area contributed by atoms with Crippen LogP contribution in [0.2, 0.25) is 0 Å². The van der Waals surface area contributed by atoms with Crippen LogP contribution in [-0.4, -0.2) is 14.9 Å². The number of benzene rings is 1. The van der Waals surface area contributed by atoms with E-state index < -0.39 is 0 Å². The molecule has 1 aromatic heterocycles. The molecule has 16 heavy (non-hydrogen) atoms. The molecule has 0 bridgehead atoms. The van der Waals surface area contributed by atoms with E-state index in [9.17, 15) is 4.39 Å². The van der Waals surface area contributed by atoms with Crippen molar-refractivity contribution in [3.63, 3.8) is 0 Å². The summed E-state index contributed by atoms with van der Waals surface area (Å²) in [6.45, 7) is 1.65. The molecule has 2 rings (SSSR count). The molecule has 0 amide bonds. The lowest BCUT2D eigenvalue weighted by molar-refractivity contribution is 0.276. The fraction of sp³-hybridized carbons (Fsp3) is 0.250. The van der Waals surface area contributed by atoms with Crippen LogP contribution in [0.5, 0.6) is 0 Å². The van der Waals surface area contributed by atoms with E-state index in [0.717, 1.165) is 16.8 Å². The Kier molecular flexibility index (Phi) is 2.75. The topological polar surface area (TPSA) is 38.1 Å². The third-order valence-corrected chi connectivity index (χ3v) is 2.77. The van der Waals surface area contributed by atoms with Crippen LogP contribution in [0, 0.1) is 12.7 Å². The van der Waals surface area contributed by atoms with Crippen LogP contribution in [0.15, 0.2) is 24.4 Å². The van der Waals surface area contributed by atoms with E-state index in [-0.39, 0.29) is 12.4 Å². The average molecular weight is 220 g/mol. The third kappa shape index (κ3) is 1.72. The zero-order valence-corrected chi connectivity index (χ0v) is 9.24. The Balaban J connectivity index is 2.49. The lowest BCUT2D eigenvalue weighted by Gasteiger charge is -2.04. The molecule has 3 nitrogen and oxygen atoms in total. The second kappa shape index (κ2) is 4.06. The van der Waals surface area contributed by atoms with Crippen LogP contribution in [-0.2, 0) is 13.7 Å². The lowest BCUT2D eigenvalue weighted by Crippen LogP contribution is -1.93. The van der Waals surface area contributed by atoms with Crippen molar-refractivity contribution in [2.75, 3.05) is 0 Å². The van der Waals surface area contributed by atoms with Gasteiger partial charge in [-0.1, -0.05) is 12.1 Å². The number of aromatic nitrogens is 2. The van der Waals surface area contributed by atoms with Gasteiger partial charge in [0.1, 0.15) is 5.82 Å². The Hall–Kier alpha value is -1.68. The third-order valence-electron chi connectivity index (χ3n) is 2.77. The van der Waals surface area contributed by atoms with Crippen molar-refractivity contribution in [3.05, 3.63) is 41.5 Å². The molecular formula is C12H13FN2O. The maximum absolute atomic E-state index is 13.5. The van der Waals surface area contributed by atoms with Gasteiger partial charge in [-0.3, -0.25) is 4.68 Å². The predicted molar refractivity (Wildman–Crippen MR) is 59.3 cm³/mol. The Morgan fingerprint density at radius 1 is 1.44 bits per heavy atom. The fourth-order valence-corrected chi connectivity index (χ4v) is 1.63. The van der Waals surface area contributed by atoms with E-state index >= 15 is 0 Å². The van der Waals surface area contributed by atoms with Gasteiger partial charge in [0.15, 0.2) is 0 Å². The van der Waals surface area contributed by atoms with E-state index in [1.165, 1.54) is 6.07 Å². The Morgan fingerprint density at radius 3 is 2.69 bits per heavy atom. The highest BCUT2D eigenvalue weighted by molar-refractivity contribution is 5.65. The van der Waals surface area contributed by atoms with E-state index in [1.807, 2.05) is 14.0 Å². The van der Waals surface area contributed by atoms with Gasteiger partial charge in [-0.25, -0.2) is 4.39 Å². The van der Waals surface area contributed by atoms with Gasteiger partial charge < -0.3 is 5.11 Å². The lowest BCUT2D eigenvalue weighted by atomic mass is 10.0. The molecule has 0 aliphatic carbocycles. The van der Waals surface area contributed by atoms with Gasteiger partial charge in [0.2, 0.25) is 0 Å². The first-order valence-corrected chi connectivity index (χ1v) is 5.01. The minimum absolute atomic E-state index is 0.280. The molecule has 0 saturated carbocycles. The first-order valence-electron chi connectivity index (χ1n) is 5.01. The highest BCUT2D eigenvalue weighted by Gasteiger charge is 2.09. The number of aliphatic hydroxyl groups is 1. The number of aliphatic hydroxyl groups excluding tert-OH is 1. The summed E-state index contributed by atoms with van der Waals surface area (Å²) in [5.74, 6) is -0.386. The van der Waals surface area contributed by atoms with Crippen molar-refractivity contribution in [1.29, 1.82) is 0 Å². The SMILES string of the molecule is Cc1c(-c2ccc(CO)c(F)c2)cnn1C. The monoisotopic (exact) mass is 220 g/mol. The normalized spacial score (nSPS) is 10.8. The zero-order chi connectivity index (χ0) is 11.7. The molecular weight excluding hydrogens is 207 g/mol. The summed E-state index contributed by atoms with van der Waals surface area (Å²) in [5.41, 5.74) is 2.98. The number of rotatable bonds is 2. The van der Waals surface area contributed by atoms with E-state index in [0.29, 0.717) is 5.56 Å². The predicted octanol–water partition coefficient (Wildman–Crippen LogP) is 2.03. The van der Waals surface area contributed by atoms with Gasteiger partial charge >= 0.3 is 0 Å². The van der Waals surface area contributed by atoms with Gasteiger partial charge in [-0.05, 0) is 18.6 Å². The van der Waals surface area contributed by atoms with Crippen LogP contribution in [0.1, 0.15) is 11.3 Å². The summed E-state index contributed by atoms with van der Waals surface area (Å²) in [6, 6.07) is 4.81. The molecule has 0 unspecified atom stereocenters. The van der Waals surface area contributed by atoms with Crippen molar-refractivity contribution in [1.82, 2.24) is 9.78 Å². The smallest absolute Gasteiger partial charge is 0.129 e.